The molecule has 0 spiro atoms. The minimum atomic E-state index is -0.278. The maximum Gasteiger partial charge on any atom is 0.256 e. The number of anilines is 2. The van der Waals surface area contributed by atoms with Crippen molar-refractivity contribution in [3.8, 4) is 0 Å². The van der Waals surface area contributed by atoms with Crippen molar-refractivity contribution in [1.29, 1.82) is 0 Å². The lowest BCUT2D eigenvalue weighted by molar-refractivity contribution is 0.102. The number of aromatic nitrogens is 2. The lowest BCUT2D eigenvalue weighted by Crippen LogP contribution is -2.13. The number of amides is 1. The normalized spacial score (nSPS) is 10.7. The van der Waals surface area contributed by atoms with E-state index in [1.807, 2.05) is 0 Å². The highest BCUT2D eigenvalue weighted by atomic mass is 35.5. The molecule has 0 aliphatic rings. The third kappa shape index (κ3) is 2.43. The quantitative estimate of drug-likeness (QED) is 0.762. The monoisotopic (exact) mass is 304 g/mol. The zero-order valence-electron chi connectivity index (χ0n) is 10.1. The third-order valence-electron chi connectivity index (χ3n) is 2.66. The van der Waals surface area contributed by atoms with Crippen LogP contribution in [-0.4, -0.2) is 15.9 Å². The summed E-state index contributed by atoms with van der Waals surface area (Å²) in [5, 5.41) is 3.54. The van der Waals surface area contributed by atoms with Crippen molar-refractivity contribution >= 4 is 50.0 Å². The molecule has 0 bridgehead atoms. The van der Waals surface area contributed by atoms with Gasteiger partial charge in [0.1, 0.15) is 0 Å². The molecule has 0 aliphatic heterocycles. The lowest BCUT2D eigenvalue weighted by Gasteiger charge is -2.05. The predicted molar refractivity (Wildman–Crippen MR) is 81.2 cm³/mol. The summed E-state index contributed by atoms with van der Waals surface area (Å²) >= 11 is 7.29. The van der Waals surface area contributed by atoms with E-state index in [9.17, 15) is 4.79 Å². The van der Waals surface area contributed by atoms with Crippen LogP contribution in [0.3, 0.4) is 0 Å². The van der Waals surface area contributed by atoms with Crippen LogP contribution in [0.4, 0.5) is 10.9 Å². The summed E-state index contributed by atoms with van der Waals surface area (Å²) in [6, 6.07) is 8.56. The maximum atomic E-state index is 12.2. The van der Waals surface area contributed by atoms with Gasteiger partial charge in [0.15, 0.2) is 10.9 Å². The molecule has 2 heterocycles. The molecule has 3 aromatic rings. The summed E-state index contributed by atoms with van der Waals surface area (Å²) in [4.78, 5) is 20.3. The van der Waals surface area contributed by atoms with Crippen LogP contribution in [0.2, 0.25) is 5.02 Å². The van der Waals surface area contributed by atoms with Crippen LogP contribution >= 0.6 is 22.9 Å². The van der Waals surface area contributed by atoms with E-state index in [-0.39, 0.29) is 5.91 Å². The number of nitrogen functional groups attached to an aromatic ring is 1. The Hall–Kier alpha value is -2.18. The molecule has 3 N–H and O–H groups in total. The van der Waals surface area contributed by atoms with Gasteiger partial charge in [0, 0.05) is 11.8 Å². The molecule has 0 fully saturated rings. The van der Waals surface area contributed by atoms with E-state index in [2.05, 4.69) is 15.3 Å². The smallest absolute Gasteiger partial charge is 0.256 e. The van der Waals surface area contributed by atoms with E-state index in [4.69, 9.17) is 17.3 Å². The average Bonchev–Trinajstić information content (AvgIpc) is 2.80. The summed E-state index contributed by atoms with van der Waals surface area (Å²) < 4.78 is 0.863. The van der Waals surface area contributed by atoms with Crippen LogP contribution in [0.15, 0.2) is 36.5 Å². The Morgan fingerprint density at radius 2 is 2.20 bits per heavy atom. The summed E-state index contributed by atoms with van der Waals surface area (Å²) in [6.07, 6.45) is 1.56. The molecule has 0 radical (unpaired) electrons. The van der Waals surface area contributed by atoms with Crippen LogP contribution in [0, 0.1) is 0 Å². The van der Waals surface area contributed by atoms with Gasteiger partial charge in [-0.25, -0.2) is 9.97 Å². The van der Waals surface area contributed by atoms with Crippen molar-refractivity contribution < 1.29 is 4.79 Å². The predicted octanol–water partition coefficient (Wildman–Crippen LogP) is 3.18. The molecule has 5 nitrogen and oxygen atoms in total. The Kier molecular flexibility index (Phi) is 3.25. The van der Waals surface area contributed by atoms with Crippen LogP contribution in [0.25, 0.3) is 10.2 Å². The SMILES string of the molecule is Nc1nc2ccc(C(=O)Nc3ncccc3Cl)cc2s1. The molecule has 0 atom stereocenters. The van der Waals surface area contributed by atoms with Gasteiger partial charge < -0.3 is 11.1 Å². The van der Waals surface area contributed by atoms with Gasteiger partial charge in [-0.15, -0.1) is 0 Å². The molecule has 7 heteroatoms. The standard InChI is InChI=1S/C13H9ClN4OS/c14-8-2-1-5-16-11(8)18-12(19)7-3-4-9-10(6-7)20-13(15)17-9/h1-6H,(H2,15,17)(H,16,18,19). The molecule has 100 valence electrons. The average molecular weight is 305 g/mol. The summed E-state index contributed by atoms with van der Waals surface area (Å²) in [5.41, 5.74) is 6.92. The van der Waals surface area contributed by atoms with Gasteiger partial charge in [-0.1, -0.05) is 22.9 Å². The molecule has 3 rings (SSSR count). The van der Waals surface area contributed by atoms with Gasteiger partial charge in [0.05, 0.1) is 15.2 Å². The van der Waals surface area contributed by atoms with E-state index >= 15 is 0 Å². The van der Waals surface area contributed by atoms with Gasteiger partial charge >= 0.3 is 0 Å². The van der Waals surface area contributed by atoms with E-state index in [0.717, 1.165) is 10.2 Å². The van der Waals surface area contributed by atoms with E-state index in [1.165, 1.54) is 11.3 Å². The number of carbonyl (C=O) groups excluding carboxylic acids is 1. The van der Waals surface area contributed by atoms with Crippen molar-refractivity contribution in [2.45, 2.75) is 0 Å². The van der Waals surface area contributed by atoms with Crippen LogP contribution in [0.1, 0.15) is 10.4 Å². The van der Waals surface area contributed by atoms with Crippen molar-refractivity contribution in [1.82, 2.24) is 9.97 Å². The Morgan fingerprint density at radius 3 is 3.00 bits per heavy atom. The lowest BCUT2D eigenvalue weighted by atomic mass is 10.2. The topological polar surface area (TPSA) is 80.9 Å². The van der Waals surface area contributed by atoms with Crippen LogP contribution in [0.5, 0.6) is 0 Å². The molecule has 0 saturated heterocycles. The fraction of sp³-hybridized carbons (Fsp3) is 0. The Balaban J connectivity index is 1.90. The number of nitrogens with two attached hydrogens (primary N) is 1. The molecule has 2 aromatic heterocycles. The summed E-state index contributed by atoms with van der Waals surface area (Å²) in [7, 11) is 0. The third-order valence-corrected chi connectivity index (χ3v) is 3.81. The van der Waals surface area contributed by atoms with Crippen molar-refractivity contribution in [3.05, 3.63) is 47.1 Å². The molecule has 0 unspecified atom stereocenters. The highest BCUT2D eigenvalue weighted by Crippen LogP contribution is 2.25. The van der Waals surface area contributed by atoms with Crippen molar-refractivity contribution in [3.63, 3.8) is 0 Å². The van der Waals surface area contributed by atoms with Gasteiger partial charge in [-0.05, 0) is 30.3 Å². The summed E-state index contributed by atoms with van der Waals surface area (Å²) in [5.74, 6) is 0.0579. The zero-order chi connectivity index (χ0) is 14.1. The molecular formula is C13H9ClN4OS. The number of carbonyl (C=O) groups is 1. The Morgan fingerprint density at radius 1 is 1.35 bits per heavy atom. The van der Waals surface area contributed by atoms with Gasteiger partial charge in [-0.2, -0.15) is 0 Å². The molecule has 20 heavy (non-hydrogen) atoms. The first-order valence-corrected chi connectivity index (χ1v) is 6.91. The van der Waals surface area contributed by atoms with Gasteiger partial charge in [-0.3, -0.25) is 4.79 Å². The van der Waals surface area contributed by atoms with Gasteiger partial charge in [0.25, 0.3) is 5.91 Å². The van der Waals surface area contributed by atoms with E-state index < -0.39 is 0 Å². The number of thiazole rings is 1. The largest absolute Gasteiger partial charge is 0.375 e. The molecule has 1 amide bonds. The number of benzene rings is 1. The van der Waals surface area contributed by atoms with Crippen LogP contribution < -0.4 is 11.1 Å². The minimum absolute atomic E-state index is 0.278. The maximum absolute atomic E-state index is 12.2. The molecule has 1 aromatic carbocycles. The highest BCUT2D eigenvalue weighted by molar-refractivity contribution is 7.22. The first-order valence-electron chi connectivity index (χ1n) is 5.71. The van der Waals surface area contributed by atoms with E-state index in [1.54, 1.807) is 36.5 Å². The second kappa shape index (κ2) is 5.07. The second-order valence-corrected chi connectivity index (χ2v) is 5.49. The van der Waals surface area contributed by atoms with Crippen LogP contribution in [-0.2, 0) is 0 Å². The number of halogens is 1. The van der Waals surface area contributed by atoms with E-state index in [0.29, 0.717) is 21.5 Å². The fourth-order valence-corrected chi connectivity index (χ4v) is 2.68. The number of nitrogens with one attached hydrogen (secondary N) is 1. The molecular weight excluding hydrogens is 296 g/mol. The highest BCUT2D eigenvalue weighted by Gasteiger charge is 2.11. The number of rotatable bonds is 2. The first kappa shape index (κ1) is 12.8. The number of hydrogen-bond donors (Lipinski definition) is 2. The molecule has 0 saturated carbocycles. The number of pyridine rings is 1. The zero-order valence-corrected chi connectivity index (χ0v) is 11.7. The van der Waals surface area contributed by atoms with Crippen molar-refractivity contribution in [2.24, 2.45) is 0 Å². The summed E-state index contributed by atoms with van der Waals surface area (Å²) in [6.45, 7) is 0. The first-order chi connectivity index (χ1) is 9.63. The van der Waals surface area contributed by atoms with Crippen molar-refractivity contribution in [2.75, 3.05) is 11.1 Å². The number of hydrogen-bond acceptors (Lipinski definition) is 5. The minimum Gasteiger partial charge on any atom is -0.375 e. The van der Waals surface area contributed by atoms with Gasteiger partial charge in [0.2, 0.25) is 0 Å². The Labute approximate surface area is 123 Å². The second-order valence-electron chi connectivity index (χ2n) is 4.02. The Bertz CT molecular complexity index is 802. The number of fused-ring (bicyclic) bond motifs is 1. The molecule has 0 aliphatic carbocycles. The number of nitrogens with zero attached hydrogens (tertiary/aromatic N) is 2. The fourth-order valence-electron chi connectivity index (χ4n) is 1.74.